The third kappa shape index (κ3) is 5.12. The van der Waals surface area contributed by atoms with Crippen molar-refractivity contribution in [3.05, 3.63) is 23.8 Å². The summed E-state index contributed by atoms with van der Waals surface area (Å²) in [5.74, 6) is -0.874. The molecule has 0 aromatic heterocycles. The normalized spacial score (nSPS) is 10.7. The molecule has 0 aliphatic heterocycles. The van der Waals surface area contributed by atoms with E-state index >= 15 is 0 Å². The largest absolute Gasteiger partial charge is 0.478 e. The van der Waals surface area contributed by atoms with E-state index in [1.54, 1.807) is 0 Å². The Kier molecular flexibility index (Phi) is 6.73. The molecule has 0 unspecified atom stereocenters. The molecule has 4 nitrogen and oxygen atoms in total. The molecular formula is C14H22N2O2S. The van der Waals surface area contributed by atoms with Crippen LogP contribution < -0.4 is 5.32 Å². The van der Waals surface area contributed by atoms with Gasteiger partial charge in [0.2, 0.25) is 0 Å². The van der Waals surface area contributed by atoms with Crippen molar-refractivity contribution in [2.75, 3.05) is 38.8 Å². The molecule has 2 N–H and O–H groups in total. The predicted octanol–water partition coefficient (Wildman–Crippen LogP) is 2.86. The number of aromatic carboxylic acids is 1. The van der Waals surface area contributed by atoms with Crippen LogP contribution in [0, 0.1) is 0 Å². The van der Waals surface area contributed by atoms with Crippen molar-refractivity contribution < 1.29 is 9.90 Å². The minimum atomic E-state index is -0.874. The maximum atomic E-state index is 11.3. The summed E-state index contributed by atoms with van der Waals surface area (Å²) >= 11 is 1.46. The Bertz CT molecular complexity index is 422. The first kappa shape index (κ1) is 15.9. The Labute approximate surface area is 119 Å². The Hall–Kier alpha value is -1.20. The third-order valence-electron chi connectivity index (χ3n) is 2.81. The SMILES string of the molecule is CSc1cccc(NCCCCN(C)C)c1C(=O)O. The van der Waals surface area contributed by atoms with E-state index in [2.05, 4.69) is 24.3 Å². The molecule has 0 aliphatic rings. The lowest BCUT2D eigenvalue weighted by atomic mass is 10.1. The topological polar surface area (TPSA) is 52.6 Å². The zero-order valence-corrected chi connectivity index (χ0v) is 12.6. The number of carboxylic acids is 1. The second kappa shape index (κ2) is 8.07. The van der Waals surface area contributed by atoms with Crippen LogP contribution in [0.15, 0.2) is 23.1 Å². The summed E-state index contributed by atoms with van der Waals surface area (Å²) in [6, 6.07) is 5.56. The van der Waals surface area contributed by atoms with Crippen molar-refractivity contribution in [3.8, 4) is 0 Å². The van der Waals surface area contributed by atoms with Crippen LogP contribution in [-0.2, 0) is 0 Å². The van der Waals surface area contributed by atoms with E-state index in [1.165, 1.54) is 11.8 Å². The van der Waals surface area contributed by atoms with Crippen LogP contribution in [0.1, 0.15) is 23.2 Å². The van der Waals surface area contributed by atoms with E-state index in [0.717, 1.165) is 30.8 Å². The number of carboxylic acid groups (broad SMARTS) is 1. The molecular weight excluding hydrogens is 260 g/mol. The number of hydrogen-bond donors (Lipinski definition) is 2. The number of unbranched alkanes of at least 4 members (excludes halogenated alkanes) is 1. The van der Waals surface area contributed by atoms with Gasteiger partial charge in [0, 0.05) is 17.1 Å². The summed E-state index contributed by atoms with van der Waals surface area (Å²) in [6.45, 7) is 1.85. The molecule has 0 saturated heterocycles. The molecule has 106 valence electrons. The van der Waals surface area contributed by atoms with Crippen molar-refractivity contribution in [2.24, 2.45) is 0 Å². The summed E-state index contributed by atoms with van der Waals surface area (Å²) in [7, 11) is 4.11. The molecule has 0 spiro atoms. The molecule has 1 aromatic carbocycles. The van der Waals surface area contributed by atoms with Gasteiger partial charge in [-0.25, -0.2) is 4.79 Å². The fourth-order valence-electron chi connectivity index (χ4n) is 1.85. The highest BCUT2D eigenvalue weighted by Gasteiger charge is 2.14. The van der Waals surface area contributed by atoms with Crippen LogP contribution in [-0.4, -0.2) is 49.4 Å². The Balaban J connectivity index is 2.60. The number of thioether (sulfide) groups is 1. The highest BCUT2D eigenvalue weighted by Crippen LogP contribution is 2.27. The van der Waals surface area contributed by atoms with Gasteiger partial charge in [-0.05, 0) is 51.9 Å². The van der Waals surface area contributed by atoms with Gasteiger partial charge in [-0.15, -0.1) is 11.8 Å². The molecule has 0 saturated carbocycles. The van der Waals surface area contributed by atoms with E-state index in [9.17, 15) is 9.90 Å². The lowest BCUT2D eigenvalue weighted by Crippen LogP contribution is -2.14. The highest BCUT2D eigenvalue weighted by molar-refractivity contribution is 7.98. The number of benzene rings is 1. The highest BCUT2D eigenvalue weighted by atomic mass is 32.2. The van der Waals surface area contributed by atoms with Crippen LogP contribution >= 0.6 is 11.8 Å². The second-order valence-electron chi connectivity index (χ2n) is 4.63. The third-order valence-corrected chi connectivity index (χ3v) is 3.59. The van der Waals surface area contributed by atoms with Crippen LogP contribution in [0.3, 0.4) is 0 Å². The molecule has 0 aliphatic carbocycles. The molecule has 0 bridgehead atoms. The van der Waals surface area contributed by atoms with Gasteiger partial charge in [0.1, 0.15) is 0 Å². The lowest BCUT2D eigenvalue weighted by molar-refractivity contribution is 0.0694. The molecule has 19 heavy (non-hydrogen) atoms. The molecule has 5 heteroatoms. The van der Waals surface area contributed by atoms with E-state index in [-0.39, 0.29) is 0 Å². The fraction of sp³-hybridized carbons (Fsp3) is 0.500. The summed E-state index contributed by atoms with van der Waals surface area (Å²) < 4.78 is 0. The molecule has 0 heterocycles. The lowest BCUT2D eigenvalue weighted by Gasteiger charge is -2.13. The molecule has 1 rings (SSSR count). The van der Waals surface area contributed by atoms with E-state index < -0.39 is 5.97 Å². The van der Waals surface area contributed by atoms with E-state index in [4.69, 9.17) is 0 Å². The quantitative estimate of drug-likeness (QED) is 0.567. The number of carbonyl (C=O) groups is 1. The minimum absolute atomic E-state index is 0.377. The van der Waals surface area contributed by atoms with Gasteiger partial charge in [0.15, 0.2) is 0 Å². The van der Waals surface area contributed by atoms with Gasteiger partial charge < -0.3 is 15.3 Å². The number of hydrogen-bond acceptors (Lipinski definition) is 4. The fourth-order valence-corrected chi connectivity index (χ4v) is 2.46. The smallest absolute Gasteiger partial charge is 0.338 e. The summed E-state index contributed by atoms with van der Waals surface area (Å²) in [6.07, 6.45) is 4.02. The van der Waals surface area contributed by atoms with Crippen molar-refractivity contribution >= 4 is 23.4 Å². The average Bonchev–Trinajstić information content (AvgIpc) is 2.37. The Morgan fingerprint density at radius 3 is 2.68 bits per heavy atom. The van der Waals surface area contributed by atoms with Gasteiger partial charge in [0.25, 0.3) is 0 Å². The second-order valence-corrected chi connectivity index (χ2v) is 5.47. The van der Waals surface area contributed by atoms with Gasteiger partial charge in [-0.2, -0.15) is 0 Å². The van der Waals surface area contributed by atoms with Crippen molar-refractivity contribution in [1.82, 2.24) is 4.90 Å². The Morgan fingerprint density at radius 2 is 2.11 bits per heavy atom. The van der Waals surface area contributed by atoms with E-state index in [0.29, 0.717) is 11.3 Å². The number of nitrogens with one attached hydrogen (secondary N) is 1. The molecule has 0 atom stereocenters. The predicted molar refractivity (Wildman–Crippen MR) is 81.5 cm³/mol. The van der Waals surface area contributed by atoms with Crippen molar-refractivity contribution in [3.63, 3.8) is 0 Å². The van der Waals surface area contributed by atoms with Gasteiger partial charge in [-0.1, -0.05) is 6.07 Å². The van der Waals surface area contributed by atoms with E-state index in [1.807, 2.05) is 24.5 Å². The molecule has 0 fully saturated rings. The first-order valence-corrected chi connectivity index (χ1v) is 7.57. The first-order valence-electron chi connectivity index (χ1n) is 6.35. The maximum absolute atomic E-state index is 11.3. The first-order chi connectivity index (χ1) is 9.06. The van der Waals surface area contributed by atoms with Gasteiger partial charge >= 0.3 is 5.97 Å². The summed E-state index contributed by atoms with van der Waals surface area (Å²) in [5, 5.41) is 12.5. The van der Waals surface area contributed by atoms with Crippen LogP contribution in [0.2, 0.25) is 0 Å². The van der Waals surface area contributed by atoms with Crippen LogP contribution in [0.4, 0.5) is 5.69 Å². The van der Waals surface area contributed by atoms with Crippen LogP contribution in [0.25, 0.3) is 0 Å². The van der Waals surface area contributed by atoms with Crippen molar-refractivity contribution in [1.29, 1.82) is 0 Å². The van der Waals surface area contributed by atoms with Crippen LogP contribution in [0.5, 0.6) is 0 Å². The summed E-state index contributed by atoms with van der Waals surface area (Å²) in [4.78, 5) is 14.3. The number of rotatable bonds is 8. The molecule has 0 radical (unpaired) electrons. The molecule has 0 amide bonds. The van der Waals surface area contributed by atoms with Crippen molar-refractivity contribution in [2.45, 2.75) is 17.7 Å². The van der Waals surface area contributed by atoms with Gasteiger partial charge in [0.05, 0.1) is 5.56 Å². The summed E-state index contributed by atoms with van der Waals surface area (Å²) in [5.41, 5.74) is 1.09. The monoisotopic (exact) mass is 282 g/mol. The maximum Gasteiger partial charge on any atom is 0.338 e. The standard InChI is InChI=1S/C14H22N2O2S/c1-16(2)10-5-4-9-15-11-7-6-8-12(19-3)13(11)14(17)18/h6-8,15H,4-5,9-10H2,1-3H3,(H,17,18). The van der Waals surface area contributed by atoms with Gasteiger partial charge in [-0.3, -0.25) is 0 Å². The number of anilines is 1. The number of nitrogens with zero attached hydrogens (tertiary/aromatic N) is 1. The zero-order chi connectivity index (χ0) is 14.3. The minimum Gasteiger partial charge on any atom is -0.478 e. The molecule has 1 aromatic rings. The zero-order valence-electron chi connectivity index (χ0n) is 11.8. The Morgan fingerprint density at radius 1 is 1.37 bits per heavy atom. The average molecular weight is 282 g/mol.